The number of alkyl halides is 3. The summed E-state index contributed by atoms with van der Waals surface area (Å²) in [6, 6.07) is 12.2. The van der Waals surface area contributed by atoms with E-state index in [1.165, 1.54) is 6.07 Å². The van der Waals surface area contributed by atoms with E-state index in [0.29, 0.717) is 37.1 Å². The molecule has 1 fully saturated rings. The Morgan fingerprint density at radius 1 is 1.06 bits per heavy atom. The maximum atomic E-state index is 12.9. The van der Waals surface area contributed by atoms with Gasteiger partial charge in [0, 0.05) is 37.3 Å². The lowest BCUT2D eigenvalue weighted by atomic mass is 10.2. The smallest absolute Gasteiger partial charge is 0.368 e. The van der Waals surface area contributed by atoms with E-state index in [1.807, 2.05) is 30.3 Å². The molecule has 32 heavy (non-hydrogen) atoms. The Morgan fingerprint density at radius 2 is 1.75 bits per heavy atom. The van der Waals surface area contributed by atoms with Gasteiger partial charge in [0.05, 0.1) is 11.4 Å². The second-order valence-corrected chi connectivity index (χ2v) is 8.49. The van der Waals surface area contributed by atoms with Crippen LogP contribution in [0.3, 0.4) is 0 Å². The number of carbonyl (C=O) groups is 2. The van der Waals surface area contributed by atoms with Gasteiger partial charge < -0.3 is 15.1 Å². The summed E-state index contributed by atoms with van der Waals surface area (Å²) in [4.78, 5) is 33.1. The van der Waals surface area contributed by atoms with Gasteiger partial charge in [-0.15, -0.1) is 11.3 Å². The number of rotatable bonds is 4. The Labute approximate surface area is 186 Å². The molecular formula is C22H21F3N4O2S. The van der Waals surface area contributed by atoms with E-state index in [0.717, 1.165) is 23.1 Å². The summed E-state index contributed by atoms with van der Waals surface area (Å²) in [5.41, 5.74) is 0.658. The van der Waals surface area contributed by atoms with Gasteiger partial charge in [-0.05, 0) is 36.8 Å². The van der Waals surface area contributed by atoms with Crippen molar-refractivity contribution < 1.29 is 22.8 Å². The minimum absolute atomic E-state index is 0.144. The van der Waals surface area contributed by atoms with Crippen molar-refractivity contribution in [2.24, 2.45) is 0 Å². The SMILES string of the molecule is Cc1c(C(=O)NCC(=O)N2CCN(c3ccccc3)CC2)sc2nc(C(F)(F)F)ccc12. The quantitative estimate of drug-likeness (QED) is 0.642. The van der Waals surface area contributed by atoms with Crippen LogP contribution in [0.1, 0.15) is 20.9 Å². The number of piperazine rings is 1. The topological polar surface area (TPSA) is 65.5 Å². The Kier molecular flexibility index (Phi) is 6.05. The first-order valence-electron chi connectivity index (χ1n) is 10.1. The second kappa shape index (κ2) is 8.78. The number of fused-ring (bicyclic) bond motifs is 1. The molecule has 10 heteroatoms. The number of pyridine rings is 1. The molecule has 0 spiro atoms. The molecule has 0 aliphatic carbocycles. The molecule has 0 atom stereocenters. The number of para-hydroxylation sites is 1. The van der Waals surface area contributed by atoms with Crippen molar-refractivity contribution in [3.05, 3.63) is 58.6 Å². The third kappa shape index (κ3) is 4.55. The number of anilines is 1. The van der Waals surface area contributed by atoms with Crippen molar-refractivity contribution in [3.63, 3.8) is 0 Å². The number of nitrogens with zero attached hydrogens (tertiary/aromatic N) is 3. The van der Waals surface area contributed by atoms with E-state index in [2.05, 4.69) is 15.2 Å². The average Bonchev–Trinajstić information content (AvgIpc) is 3.13. The zero-order valence-corrected chi connectivity index (χ0v) is 18.1. The zero-order valence-electron chi connectivity index (χ0n) is 17.3. The second-order valence-electron chi connectivity index (χ2n) is 7.49. The van der Waals surface area contributed by atoms with Crippen LogP contribution in [0.15, 0.2) is 42.5 Å². The van der Waals surface area contributed by atoms with Gasteiger partial charge in [-0.2, -0.15) is 13.2 Å². The van der Waals surface area contributed by atoms with Crippen molar-refractivity contribution in [2.45, 2.75) is 13.1 Å². The fraction of sp³-hybridized carbons (Fsp3) is 0.318. The third-order valence-electron chi connectivity index (χ3n) is 5.45. The van der Waals surface area contributed by atoms with Crippen LogP contribution in [0, 0.1) is 6.92 Å². The molecule has 0 radical (unpaired) electrons. The van der Waals surface area contributed by atoms with Crippen molar-refractivity contribution in [3.8, 4) is 0 Å². The van der Waals surface area contributed by atoms with Crippen molar-refractivity contribution in [1.82, 2.24) is 15.2 Å². The van der Waals surface area contributed by atoms with Crippen LogP contribution in [0.2, 0.25) is 0 Å². The first-order chi connectivity index (χ1) is 15.2. The number of nitrogens with one attached hydrogen (secondary N) is 1. The van der Waals surface area contributed by atoms with Gasteiger partial charge >= 0.3 is 6.18 Å². The van der Waals surface area contributed by atoms with E-state index >= 15 is 0 Å². The average molecular weight is 462 g/mol. The third-order valence-corrected chi connectivity index (χ3v) is 6.65. The van der Waals surface area contributed by atoms with Crippen molar-refractivity contribution >= 4 is 39.1 Å². The van der Waals surface area contributed by atoms with E-state index in [4.69, 9.17) is 0 Å². The lowest BCUT2D eigenvalue weighted by Crippen LogP contribution is -2.51. The van der Waals surface area contributed by atoms with Gasteiger partial charge in [0.2, 0.25) is 5.91 Å². The van der Waals surface area contributed by atoms with Gasteiger partial charge in [0.1, 0.15) is 10.5 Å². The monoisotopic (exact) mass is 462 g/mol. The van der Waals surface area contributed by atoms with Crippen LogP contribution < -0.4 is 10.2 Å². The summed E-state index contributed by atoms with van der Waals surface area (Å²) in [6.45, 7) is 4.00. The normalized spacial score (nSPS) is 14.6. The molecule has 0 bridgehead atoms. The molecule has 0 unspecified atom stereocenters. The first-order valence-corrected chi connectivity index (χ1v) is 10.9. The predicted octanol–water partition coefficient (Wildman–Crippen LogP) is 3.70. The van der Waals surface area contributed by atoms with E-state index in [9.17, 15) is 22.8 Å². The molecule has 1 N–H and O–H groups in total. The molecule has 4 rings (SSSR count). The number of amides is 2. The molecule has 1 aliphatic heterocycles. The first kappa shape index (κ1) is 22.1. The fourth-order valence-corrected chi connectivity index (χ4v) is 4.77. The standard InChI is InChI=1S/C22H21F3N4O2S/c1-14-16-7-8-17(22(23,24)25)27-21(16)32-19(14)20(31)26-13-18(30)29-11-9-28(10-12-29)15-5-3-2-4-6-15/h2-8H,9-13H2,1H3,(H,26,31). The number of aryl methyl sites for hydroxylation is 1. The Hall–Kier alpha value is -3.14. The number of aromatic nitrogens is 1. The predicted molar refractivity (Wildman–Crippen MR) is 117 cm³/mol. The van der Waals surface area contributed by atoms with Crippen LogP contribution >= 0.6 is 11.3 Å². The van der Waals surface area contributed by atoms with Gasteiger partial charge in [0.25, 0.3) is 5.91 Å². The molecule has 3 aromatic rings. The number of thiophene rings is 1. The largest absolute Gasteiger partial charge is 0.433 e. The summed E-state index contributed by atoms with van der Waals surface area (Å²) >= 11 is 0.893. The highest BCUT2D eigenvalue weighted by molar-refractivity contribution is 7.20. The highest BCUT2D eigenvalue weighted by atomic mass is 32.1. The minimum Gasteiger partial charge on any atom is -0.368 e. The Balaban J connectivity index is 1.36. The molecule has 1 aliphatic rings. The molecule has 1 saturated heterocycles. The molecule has 168 valence electrons. The summed E-state index contributed by atoms with van der Waals surface area (Å²) in [7, 11) is 0. The summed E-state index contributed by atoms with van der Waals surface area (Å²) < 4.78 is 38.7. The lowest BCUT2D eigenvalue weighted by molar-refractivity contribution is -0.141. The number of halogens is 3. The van der Waals surface area contributed by atoms with Gasteiger partial charge in [-0.1, -0.05) is 18.2 Å². The maximum absolute atomic E-state index is 12.9. The van der Waals surface area contributed by atoms with Gasteiger partial charge in [-0.3, -0.25) is 9.59 Å². The Bertz CT molecular complexity index is 1140. The molecule has 6 nitrogen and oxygen atoms in total. The van der Waals surface area contributed by atoms with Gasteiger partial charge in [-0.25, -0.2) is 4.98 Å². The number of hydrogen-bond donors (Lipinski definition) is 1. The van der Waals surface area contributed by atoms with E-state index in [-0.39, 0.29) is 22.2 Å². The number of hydrogen-bond acceptors (Lipinski definition) is 5. The van der Waals surface area contributed by atoms with Crippen LogP contribution in [-0.2, 0) is 11.0 Å². The zero-order chi connectivity index (χ0) is 22.9. The molecule has 3 heterocycles. The van der Waals surface area contributed by atoms with Crippen LogP contribution in [0.5, 0.6) is 0 Å². The van der Waals surface area contributed by atoms with E-state index in [1.54, 1.807) is 11.8 Å². The van der Waals surface area contributed by atoms with Crippen LogP contribution in [-0.4, -0.2) is 54.4 Å². The molecular weight excluding hydrogens is 441 g/mol. The summed E-state index contributed by atoms with van der Waals surface area (Å²) in [5, 5.41) is 3.10. The highest BCUT2D eigenvalue weighted by Gasteiger charge is 2.33. The number of carbonyl (C=O) groups excluding carboxylic acids is 2. The fourth-order valence-electron chi connectivity index (χ4n) is 3.67. The molecule has 0 saturated carbocycles. The Morgan fingerprint density at radius 3 is 2.41 bits per heavy atom. The highest BCUT2D eigenvalue weighted by Crippen LogP contribution is 2.34. The van der Waals surface area contributed by atoms with Gasteiger partial charge in [0.15, 0.2) is 0 Å². The van der Waals surface area contributed by atoms with E-state index < -0.39 is 17.8 Å². The summed E-state index contributed by atoms with van der Waals surface area (Å²) in [6.07, 6.45) is -4.55. The summed E-state index contributed by atoms with van der Waals surface area (Å²) in [5.74, 6) is -0.683. The number of benzene rings is 1. The molecule has 2 amide bonds. The van der Waals surface area contributed by atoms with Crippen molar-refractivity contribution in [1.29, 1.82) is 0 Å². The van der Waals surface area contributed by atoms with Crippen LogP contribution in [0.25, 0.3) is 10.2 Å². The minimum atomic E-state index is -4.55. The lowest BCUT2D eigenvalue weighted by Gasteiger charge is -2.36. The van der Waals surface area contributed by atoms with Crippen molar-refractivity contribution in [2.75, 3.05) is 37.6 Å². The van der Waals surface area contributed by atoms with Crippen LogP contribution in [0.4, 0.5) is 18.9 Å². The maximum Gasteiger partial charge on any atom is 0.433 e. The molecule has 1 aromatic carbocycles. The molecule has 2 aromatic heterocycles.